The lowest BCUT2D eigenvalue weighted by Gasteiger charge is -2.35. The lowest BCUT2D eigenvalue weighted by molar-refractivity contribution is 0.386. The van der Waals surface area contributed by atoms with Crippen molar-refractivity contribution < 1.29 is 8.42 Å². The number of sulfonamides is 1. The third-order valence-electron chi connectivity index (χ3n) is 3.66. The minimum absolute atomic E-state index is 0.445. The SMILES string of the molecule is Cc1cc(C)c(CN)c(N2CCN(S(C)(=O)=O)CC2)n1. The molecular weight excluding hydrogens is 276 g/mol. The van der Waals surface area contributed by atoms with Gasteiger partial charge < -0.3 is 10.6 Å². The number of aromatic nitrogens is 1. The fourth-order valence-corrected chi connectivity index (χ4v) is 3.42. The summed E-state index contributed by atoms with van der Waals surface area (Å²) in [7, 11) is -3.10. The molecule has 20 heavy (non-hydrogen) atoms. The lowest BCUT2D eigenvalue weighted by atomic mass is 10.1. The molecule has 1 aromatic rings. The van der Waals surface area contributed by atoms with E-state index in [9.17, 15) is 8.42 Å². The van der Waals surface area contributed by atoms with Crippen LogP contribution in [0.2, 0.25) is 0 Å². The normalized spacial score (nSPS) is 17.5. The molecule has 0 unspecified atom stereocenters. The van der Waals surface area contributed by atoms with Crippen molar-refractivity contribution in [3.8, 4) is 0 Å². The average molecular weight is 298 g/mol. The van der Waals surface area contributed by atoms with Crippen molar-refractivity contribution >= 4 is 15.8 Å². The molecule has 2 rings (SSSR count). The predicted octanol–water partition coefficient (Wildman–Crippen LogP) is 0.239. The van der Waals surface area contributed by atoms with Crippen molar-refractivity contribution in [2.75, 3.05) is 37.3 Å². The van der Waals surface area contributed by atoms with Gasteiger partial charge >= 0.3 is 0 Å². The second kappa shape index (κ2) is 5.67. The molecule has 0 radical (unpaired) electrons. The average Bonchev–Trinajstić information content (AvgIpc) is 2.37. The third-order valence-corrected chi connectivity index (χ3v) is 4.97. The molecule has 2 N–H and O–H groups in total. The van der Waals surface area contributed by atoms with Crippen molar-refractivity contribution in [2.45, 2.75) is 20.4 Å². The molecule has 0 spiro atoms. The van der Waals surface area contributed by atoms with Crippen molar-refractivity contribution in [3.05, 3.63) is 22.9 Å². The van der Waals surface area contributed by atoms with E-state index in [-0.39, 0.29) is 0 Å². The largest absolute Gasteiger partial charge is 0.354 e. The van der Waals surface area contributed by atoms with Crippen molar-refractivity contribution in [2.24, 2.45) is 5.73 Å². The molecular formula is C13H22N4O2S. The highest BCUT2D eigenvalue weighted by Crippen LogP contribution is 2.23. The van der Waals surface area contributed by atoms with E-state index in [1.165, 1.54) is 10.6 Å². The molecule has 6 nitrogen and oxygen atoms in total. The number of anilines is 1. The minimum atomic E-state index is -3.10. The summed E-state index contributed by atoms with van der Waals surface area (Å²) in [4.78, 5) is 6.72. The van der Waals surface area contributed by atoms with Gasteiger partial charge in [0, 0.05) is 44.0 Å². The first-order chi connectivity index (χ1) is 9.32. The van der Waals surface area contributed by atoms with Crippen LogP contribution < -0.4 is 10.6 Å². The molecule has 1 fully saturated rings. The predicted molar refractivity (Wildman–Crippen MR) is 80.2 cm³/mol. The standard InChI is InChI=1S/C13H22N4O2S/c1-10-8-11(2)15-13(12(10)9-14)16-4-6-17(7-5-16)20(3,18)19/h8H,4-7,9,14H2,1-3H3. The Morgan fingerprint density at radius 3 is 2.35 bits per heavy atom. The fourth-order valence-electron chi connectivity index (χ4n) is 2.59. The molecule has 7 heteroatoms. The number of pyridine rings is 1. The summed E-state index contributed by atoms with van der Waals surface area (Å²) >= 11 is 0. The number of nitrogens with zero attached hydrogens (tertiary/aromatic N) is 3. The molecule has 0 aromatic carbocycles. The lowest BCUT2D eigenvalue weighted by Crippen LogP contribution is -2.49. The smallest absolute Gasteiger partial charge is 0.211 e. The second-order valence-electron chi connectivity index (χ2n) is 5.24. The molecule has 0 saturated carbocycles. The summed E-state index contributed by atoms with van der Waals surface area (Å²) in [5.74, 6) is 0.901. The van der Waals surface area contributed by atoms with Gasteiger partial charge in [-0.15, -0.1) is 0 Å². The quantitative estimate of drug-likeness (QED) is 0.864. The Labute approximate surface area is 120 Å². The Hall–Kier alpha value is -1.18. The van der Waals surface area contributed by atoms with Crippen LogP contribution in [0, 0.1) is 13.8 Å². The van der Waals surface area contributed by atoms with E-state index in [1.54, 1.807) is 0 Å². The molecule has 0 atom stereocenters. The van der Waals surface area contributed by atoms with Crippen LogP contribution in [-0.2, 0) is 16.6 Å². The van der Waals surface area contributed by atoms with Gasteiger partial charge in [0.2, 0.25) is 10.0 Å². The first-order valence-electron chi connectivity index (χ1n) is 6.70. The zero-order valence-electron chi connectivity index (χ0n) is 12.3. The Morgan fingerprint density at radius 1 is 1.25 bits per heavy atom. The van der Waals surface area contributed by atoms with Gasteiger partial charge in [0.1, 0.15) is 5.82 Å². The number of rotatable bonds is 3. The third kappa shape index (κ3) is 3.11. The zero-order chi connectivity index (χ0) is 14.9. The van der Waals surface area contributed by atoms with Crippen LogP contribution >= 0.6 is 0 Å². The van der Waals surface area contributed by atoms with Crippen LogP contribution in [0.25, 0.3) is 0 Å². The van der Waals surface area contributed by atoms with Crippen LogP contribution in [0.3, 0.4) is 0 Å². The van der Waals surface area contributed by atoms with Crippen LogP contribution in [0.4, 0.5) is 5.82 Å². The highest BCUT2D eigenvalue weighted by atomic mass is 32.2. The minimum Gasteiger partial charge on any atom is -0.354 e. The molecule has 1 aliphatic heterocycles. The van der Waals surface area contributed by atoms with E-state index < -0.39 is 10.0 Å². The van der Waals surface area contributed by atoms with Crippen LogP contribution in [0.1, 0.15) is 16.8 Å². The first-order valence-corrected chi connectivity index (χ1v) is 8.55. The van der Waals surface area contributed by atoms with Crippen LogP contribution in [-0.4, -0.2) is 50.1 Å². The Morgan fingerprint density at radius 2 is 1.85 bits per heavy atom. The van der Waals surface area contributed by atoms with Gasteiger partial charge in [0.15, 0.2) is 0 Å². The second-order valence-corrected chi connectivity index (χ2v) is 7.22. The topological polar surface area (TPSA) is 79.5 Å². The first kappa shape index (κ1) is 15.2. The van der Waals surface area contributed by atoms with Gasteiger partial charge in [-0.2, -0.15) is 4.31 Å². The van der Waals surface area contributed by atoms with E-state index >= 15 is 0 Å². The molecule has 112 valence electrons. The van der Waals surface area contributed by atoms with E-state index in [1.807, 2.05) is 19.9 Å². The van der Waals surface area contributed by atoms with E-state index in [0.717, 1.165) is 22.6 Å². The Kier molecular flexibility index (Phi) is 4.31. The zero-order valence-corrected chi connectivity index (χ0v) is 13.1. The molecule has 1 aromatic heterocycles. The molecule has 1 saturated heterocycles. The monoisotopic (exact) mass is 298 g/mol. The molecule has 0 aliphatic carbocycles. The number of piperazine rings is 1. The van der Waals surface area contributed by atoms with Crippen LogP contribution in [0.5, 0.6) is 0 Å². The summed E-state index contributed by atoms with van der Waals surface area (Å²) in [5, 5.41) is 0. The van der Waals surface area contributed by atoms with Gasteiger partial charge in [0.25, 0.3) is 0 Å². The number of hydrogen-bond donors (Lipinski definition) is 1. The number of hydrogen-bond acceptors (Lipinski definition) is 5. The summed E-state index contributed by atoms with van der Waals surface area (Å²) in [6.07, 6.45) is 1.25. The fraction of sp³-hybridized carbons (Fsp3) is 0.615. The molecule has 0 bridgehead atoms. The Balaban J connectivity index is 2.23. The van der Waals surface area contributed by atoms with E-state index in [0.29, 0.717) is 32.7 Å². The van der Waals surface area contributed by atoms with E-state index in [4.69, 9.17) is 5.73 Å². The molecule has 1 aliphatic rings. The molecule has 2 heterocycles. The van der Waals surface area contributed by atoms with Crippen molar-refractivity contribution in [1.82, 2.24) is 9.29 Å². The van der Waals surface area contributed by atoms with Gasteiger partial charge in [-0.25, -0.2) is 13.4 Å². The summed E-state index contributed by atoms with van der Waals surface area (Å²) in [6.45, 7) is 6.73. The summed E-state index contributed by atoms with van der Waals surface area (Å²) in [6, 6.07) is 2.03. The summed E-state index contributed by atoms with van der Waals surface area (Å²) < 4.78 is 24.6. The maximum atomic E-state index is 11.5. The Bertz CT molecular complexity index is 593. The van der Waals surface area contributed by atoms with Crippen molar-refractivity contribution in [3.63, 3.8) is 0 Å². The van der Waals surface area contributed by atoms with Gasteiger partial charge in [-0.05, 0) is 25.5 Å². The maximum absolute atomic E-state index is 11.5. The molecule has 0 amide bonds. The van der Waals surface area contributed by atoms with Gasteiger partial charge in [-0.3, -0.25) is 0 Å². The van der Waals surface area contributed by atoms with Crippen LogP contribution in [0.15, 0.2) is 6.07 Å². The summed E-state index contributed by atoms with van der Waals surface area (Å²) in [5.41, 5.74) is 8.97. The number of nitrogens with two attached hydrogens (primary N) is 1. The van der Waals surface area contributed by atoms with Crippen molar-refractivity contribution in [1.29, 1.82) is 0 Å². The van der Waals surface area contributed by atoms with Gasteiger partial charge in [-0.1, -0.05) is 0 Å². The highest BCUT2D eigenvalue weighted by Gasteiger charge is 2.25. The number of aryl methyl sites for hydroxylation is 2. The maximum Gasteiger partial charge on any atom is 0.211 e. The highest BCUT2D eigenvalue weighted by molar-refractivity contribution is 7.88. The van der Waals surface area contributed by atoms with Gasteiger partial charge in [0.05, 0.1) is 6.26 Å². The van der Waals surface area contributed by atoms with E-state index in [2.05, 4.69) is 9.88 Å².